The largest absolute Gasteiger partial charge is 0.351 e. The van der Waals surface area contributed by atoms with E-state index < -0.39 is 6.04 Å². The van der Waals surface area contributed by atoms with Crippen molar-refractivity contribution in [1.29, 1.82) is 0 Å². The zero-order chi connectivity index (χ0) is 26.0. The summed E-state index contributed by atoms with van der Waals surface area (Å²) in [6.45, 7) is 9.05. The van der Waals surface area contributed by atoms with Crippen molar-refractivity contribution in [1.82, 2.24) is 29.7 Å². The summed E-state index contributed by atoms with van der Waals surface area (Å²) in [5.41, 5.74) is 0.880. The molecule has 11 heteroatoms. The molecule has 196 valence electrons. The topological polar surface area (TPSA) is 95.4 Å². The van der Waals surface area contributed by atoms with E-state index in [1.54, 1.807) is 24.7 Å². The van der Waals surface area contributed by atoms with Gasteiger partial charge in [0.2, 0.25) is 5.91 Å². The lowest BCUT2D eigenvalue weighted by Gasteiger charge is -2.38. The second-order valence-electron chi connectivity index (χ2n) is 8.90. The van der Waals surface area contributed by atoms with Crippen LogP contribution in [0.2, 0.25) is 0 Å². The average molecular weight is 526 g/mol. The summed E-state index contributed by atoms with van der Waals surface area (Å²) in [7, 11) is 0. The summed E-state index contributed by atoms with van der Waals surface area (Å²) in [6, 6.07) is 5.80. The van der Waals surface area contributed by atoms with Crippen LogP contribution >= 0.6 is 11.3 Å². The van der Waals surface area contributed by atoms with Crippen molar-refractivity contribution in [3.8, 4) is 0 Å². The number of piperazine rings is 1. The van der Waals surface area contributed by atoms with Crippen molar-refractivity contribution in [2.45, 2.75) is 25.4 Å². The smallest absolute Gasteiger partial charge is 0.263 e. The molecular formula is C26H32FN7O2S. The first kappa shape index (κ1) is 26.6. The van der Waals surface area contributed by atoms with Gasteiger partial charge in [-0.05, 0) is 30.5 Å². The number of aryl methyl sites for hydroxylation is 1. The molecule has 0 saturated carbocycles. The SMILES string of the molecule is C=CCN1CCN(C(Cc2ccc(F)cc2)C(=O)Nc2ncc(C(=O)NCCCn3ccnc3)s2)CC1. The number of carbonyl (C=O) groups excluding carboxylic acids is 2. The standard InChI is InChI=1S/C26H32FN7O2S/c1-2-10-32-13-15-34(16-14-32)22(17-20-4-6-21(27)7-5-20)24(35)31-26-30-18-23(37-26)25(36)29-8-3-11-33-12-9-28-19-33/h2,4-7,9,12,18-19,22H,1,3,8,10-11,13-17H2,(H,29,36)(H,30,31,35). The van der Waals surface area contributed by atoms with E-state index in [4.69, 9.17) is 0 Å². The summed E-state index contributed by atoms with van der Waals surface area (Å²) in [5, 5.41) is 6.17. The highest BCUT2D eigenvalue weighted by molar-refractivity contribution is 7.17. The van der Waals surface area contributed by atoms with Gasteiger partial charge in [0.25, 0.3) is 5.91 Å². The fourth-order valence-electron chi connectivity index (χ4n) is 4.27. The van der Waals surface area contributed by atoms with Gasteiger partial charge in [0.15, 0.2) is 5.13 Å². The highest BCUT2D eigenvalue weighted by Crippen LogP contribution is 2.20. The Morgan fingerprint density at radius 2 is 1.97 bits per heavy atom. The Bertz CT molecular complexity index is 1160. The van der Waals surface area contributed by atoms with Gasteiger partial charge in [0.1, 0.15) is 10.7 Å². The molecule has 2 amide bonds. The molecule has 1 unspecified atom stereocenters. The number of amides is 2. The number of aromatic nitrogens is 3. The van der Waals surface area contributed by atoms with E-state index in [9.17, 15) is 14.0 Å². The summed E-state index contributed by atoms with van der Waals surface area (Å²) in [5.74, 6) is -0.717. The number of anilines is 1. The van der Waals surface area contributed by atoms with Gasteiger partial charge in [-0.2, -0.15) is 0 Å². The third-order valence-electron chi connectivity index (χ3n) is 6.28. The van der Waals surface area contributed by atoms with Crippen molar-refractivity contribution < 1.29 is 14.0 Å². The first-order chi connectivity index (χ1) is 18.0. The minimum absolute atomic E-state index is 0.192. The highest BCUT2D eigenvalue weighted by Gasteiger charge is 2.30. The van der Waals surface area contributed by atoms with Gasteiger partial charge in [-0.15, -0.1) is 6.58 Å². The van der Waals surface area contributed by atoms with Crippen LogP contribution in [0.1, 0.15) is 21.7 Å². The van der Waals surface area contributed by atoms with Gasteiger partial charge in [0, 0.05) is 58.2 Å². The van der Waals surface area contributed by atoms with Crippen LogP contribution in [0.15, 0.2) is 61.8 Å². The van der Waals surface area contributed by atoms with Gasteiger partial charge >= 0.3 is 0 Å². The minimum Gasteiger partial charge on any atom is -0.351 e. The molecular weight excluding hydrogens is 493 g/mol. The lowest BCUT2D eigenvalue weighted by atomic mass is 10.0. The Hall–Kier alpha value is -3.41. The van der Waals surface area contributed by atoms with Crippen LogP contribution in [0.4, 0.5) is 9.52 Å². The minimum atomic E-state index is -0.444. The molecule has 1 saturated heterocycles. The van der Waals surface area contributed by atoms with Crippen molar-refractivity contribution in [3.63, 3.8) is 0 Å². The molecule has 0 aliphatic carbocycles. The number of carbonyl (C=O) groups is 2. The summed E-state index contributed by atoms with van der Waals surface area (Å²) in [4.78, 5) is 39.0. The van der Waals surface area contributed by atoms with Crippen LogP contribution in [-0.4, -0.2) is 81.5 Å². The number of benzene rings is 1. The normalized spacial score (nSPS) is 15.3. The fourth-order valence-corrected chi connectivity index (χ4v) is 5.00. The van der Waals surface area contributed by atoms with Crippen LogP contribution in [-0.2, 0) is 17.8 Å². The van der Waals surface area contributed by atoms with E-state index in [1.165, 1.54) is 18.3 Å². The third-order valence-corrected chi connectivity index (χ3v) is 7.19. The van der Waals surface area contributed by atoms with Crippen LogP contribution in [0.25, 0.3) is 0 Å². The molecule has 0 radical (unpaired) electrons. The Morgan fingerprint density at radius 1 is 1.19 bits per heavy atom. The van der Waals surface area contributed by atoms with Gasteiger partial charge in [0.05, 0.1) is 18.6 Å². The average Bonchev–Trinajstić information content (AvgIpc) is 3.59. The number of hydrogen-bond donors (Lipinski definition) is 2. The van der Waals surface area contributed by atoms with E-state index >= 15 is 0 Å². The van der Waals surface area contributed by atoms with Gasteiger partial charge in [-0.1, -0.05) is 29.5 Å². The fraction of sp³-hybridized carbons (Fsp3) is 0.385. The Balaban J connectivity index is 1.35. The molecule has 3 aromatic rings. The molecule has 1 aliphatic rings. The highest BCUT2D eigenvalue weighted by atomic mass is 32.1. The maximum Gasteiger partial charge on any atom is 0.263 e. The van der Waals surface area contributed by atoms with Crippen molar-refractivity contribution in [2.24, 2.45) is 0 Å². The summed E-state index contributed by atoms with van der Waals surface area (Å²) >= 11 is 1.15. The van der Waals surface area contributed by atoms with Crippen LogP contribution in [0, 0.1) is 5.82 Å². The molecule has 1 aromatic carbocycles. The van der Waals surface area contributed by atoms with Gasteiger partial charge in [-0.25, -0.2) is 14.4 Å². The van der Waals surface area contributed by atoms with E-state index in [1.807, 2.05) is 16.8 Å². The Morgan fingerprint density at radius 3 is 2.68 bits per heavy atom. The lowest BCUT2D eigenvalue weighted by Crippen LogP contribution is -2.54. The molecule has 1 aliphatic heterocycles. The molecule has 1 fully saturated rings. The number of rotatable bonds is 12. The summed E-state index contributed by atoms with van der Waals surface area (Å²) < 4.78 is 15.4. The molecule has 0 spiro atoms. The van der Waals surface area contributed by atoms with E-state index in [0.717, 1.165) is 62.6 Å². The first-order valence-corrected chi connectivity index (χ1v) is 13.2. The zero-order valence-corrected chi connectivity index (χ0v) is 21.5. The molecule has 4 rings (SSSR count). The molecule has 0 bridgehead atoms. The van der Waals surface area contributed by atoms with E-state index in [2.05, 4.69) is 37.0 Å². The molecule has 37 heavy (non-hydrogen) atoms. The number of hydrogen-bond acceptors (Lipinski definition) is 7. The van der Waals surface area contributed by atoms with Crippen LogP contribution in [0.5, 0.6) is 0 Å². The number of nitrogens with zero attached hydrogens (tertiary/aromatic N) is 5. The molecule has 9 nitrogen and oxygen atoms in total. The molecule has 2 N–H and O–H groups in total. The van der Waals surface area contributed by atoms with Crippen molar-refractivity contribution in [3.05, 3.63) is 78.1 Å². The predicted molar refractivity (Wildman–Crippen MR) is 142 cm³/mol. The number of thiazole rings is 1. The zero-order valence-electron chi connectivity index (χ0n) is 20.7. The third kappa shape index (κ3) is 7.78. The number of nitrogens with one attached hydrogen (secondary N) is 2. The van der Waals surface area contributed by atoms with Crippen LogP contribution in [0.3, 0.4) is 0 Å². The van der Waals surface area contributed by atoms with Gasteiger partial charge in [-0.3, -0.25) is 19.4 Å². The first-order valence-electron chi connectivity index (χ1n) is 12.3. The Labute approximate surface area is 220 Å². The van der Waals surface area contributed by atoms with Crippen LogP contribution < -0.4 is 10.6 Å². The van der Waals surface area contributed by atoms with E-state index in [0.29, 0.717) is 23.0 Å². The maximum atomic E-state index is 13.4. The second kappa shape index (κ2) is 13.2. The van der Waals surface area contributed by atoms with Crippen molar-refractivity contribution >= 4 is 28.3 Å². The molecule has 1 atom stereocenters. The second-order valence-corrected chi connectivity index (χ2v) is 9.93. The monoisotopic (exact) mass is 525 g/mol. The number of halogens is 1. The maximum absolute atomic E-state index is 13.4. The lowest BCUT2D eigenvalue weighted by molar-refractivity contribution is -0.122. The quantitative estimate of drug-likeness (QED) is 0.279. The number of imidazole rings is 1. The van der Waals surface area contributed by atoms with E-state index in [-0.39, 0.29) is 17.6 Å². The predicted octanol–water partition coefficient (Wildman–Crippen LogP) is 2.65. The molecule has 3 heterocycles. The van der Waals surface area contributed by atoms with Gasteiger partial charge < -0.3 is 15.2 Å². The Kier molecular flexibility index (Phi) is 9.52. The van der Waals surface area contributed by atoms with Crippen molar-refractivity contribution in [2.75, 3.05) is 44.6 Å². The molecule has 2 aromatic heterocycles. The summed E-state index contributed by atoms with van der Waals surface area (Å²) in [6.07, 6.45) is 9.93.